The first-order valence-electron chi connectivity index (χ1n) is 4.34. The van der Waals surface area contributed by atoms with Crippen LogP contribution in [0.1, 0.15) is 10.5 Å². The molecular weight excluding hydrogens is 219 g/mol. The van der Waals surface area contributed by atoms with E-state index in [0.717, 1.165) is 6.20 Å². The Morgan fingerprint density at radius 1 is 1.53 bits per heavy atom. The summed E-state index contributed by atoms with van der Waals surface area (Å²) in [4.78, 5) is 15.0. The predicted octanol–water partition coefficient (Wildman–Crippen LogP) is 1.75. The fourth-order valence-corrected chi connectivity index (χ4v) is 1.02. The van der Waals surface area contributed by atoms with Crippen molar-refractivity contribution in [2.24, 2.45) is 0 Å². The van der Waals surface area contributed by atoms with E-state index in [1.807, 2.05) is 0 Å². The number of halogens is 2. The summed E-state index contributed by atoms with van der Waals surface area (Å²) in [6.45, 7) is 0.380. The number of allylic oxidation sites excluding steroid dienone is 1. The van der Waals surface area contributed by atoms with Crippen molar-refractivity contribution in [3.05, 3.63) is 42.0 Å². The maximum Gasteiger partial charge on any atom is 0.270 e. The highest BCUT2D eigenvalue weighted by molar-refractivity contribution is 6.18. The zero-order valence-electron chi connectivity index (χ0n) is 7.91. The highest BCUT2D eigenvalue weighted by Gasteiger charge is 2.04. The molecule has 0 fully saturated rings. The number of nitrogens with zero attached hydrogens (tertiary/aromatic N) is 1. The van der Waals surface area contributed by atoms with Gasteiger partial charge in [-0.15, -0.1) is 11.6 Å². The molecule has 1 aromatic heterocycles. The van der Waals surface area contributed by atoms with E-state index < -0.39 is 5.82 Å². The van der Waals surface area contributed by atoms with Crippen molar-refractivity contribution in [3.63, 3.8) is 0 Å². The van der Waals surface area contributed by atoms with Gasteiger partial charge in [0.2, 0.25) is 0 Å². The maximum absolute atomic E-state index is 12.5. The lowest BCUT2D eigenvalue weighted by Crippen LogP contribution is -2.24. The van der Waals surface area contributed by atoms with Gasteiger partial charge in [0.05, 0.1) is 6.20 Å². The first-order valence-corrected chi connectivity index (χ1v) is 4.88. The lowest BCUT2D eigenvalue weighted by atomic mass is 10.3. The van der Waals surface area contributed by atoms with Crippen molar-refractivity contribution >= 4 is 17.5 Å². The van der Waals surface area contributed by atoms with Crippen molar-refractivity contribution in [2.75, 3.05) is 12.4 Å². The molecule has 0 aliphatic heterocycles. The standard InChI is InChI=1S/C10H10ClFN2O/c11-5-1-2-6-13-10(15)9-4-3-8(12)7-14-9/h1-4,7H,5-6H2,(H,13,15)/b2-1+. The van der Waals surface area contributed by atoms with Gasteiger partial charge in [0.25, 0.3) is 5.91 Å². The number of carbonyl (C=O) groups is 1. The van der Waals surface area contributed by atoms with Gasteiger partial charge >= 0.3 is 0 Å². The molecule has 0 radical (unpaired) electrons. The maximum atomic E-state index is 12.5. The zero-order chi connectivity index (χ0) is 11.1. The van der Waals surface area contributed by atoms with Crippen LogP contribution in [-0.2, 0) is 0 Å². The number of pyridine rings is 1. The van der Waals surface area contributed by atoms with Crippen LogP contribution in [0.3, 0.4) is 0 Å². The molecule has 0 bridgehead atoms. The summed E-state index contributed by atoms with van der Waals surface area (Å²) in [6.07, 6.45) is 4.46. The Hall–Kier alpha value is -1.42. The molecule has 0 atom stereocenters. The topological polar surface area (TPSA) is 42.0 Å². The van der Waals surface area contributed by atoms with Crippen molar-refractivity contribution in [3.8, 4) is 0 Å². The Labute approximate surface area is 92.0 Å². The number of rotatable bonds is 4. The summed E-state index contributed by atoms with van der Waals surface area (Å²) < 4.78 is 12.5. The molecule has 0 spiro atoms. The second-order valence-electron chi connectivity index (χ2n) is 2.70. The molecule has 15 heavy (non-hydrogen) atoms. The number of hydrogen-bond acceptors (Lipinski definition) is 2. The second kappa shape index (κ2) is 6.14. The van der Waals surface area contributed by atoms with Gasteiger partial charge in [-0.2, -0.15) is 0 Å². The summed E-state index contributed by atoms with van der Waals surface area (Å²) in [5.41, 5.74) is 0.190. The molecule has 3 nitrogen and oxygen atoms in total. The van der Waals surface area contributed by atoms with Gasteiger partial charge in [0, 0.05) is 12.4 Å². The Morgan fingerprint density at radius 2 is 2.33 bits per heavy atom. The summed E-state index contributed by atoms with van der Waals surface area (Å²) in [6, 6.07) is 2.52. The van der Waals surface area contributed by atoms with Crippen LogP contribution < -0.4 is 5.32 Å². The molecule has 1 N–H and O–H groups in total. The third-order valence-corrected chi connectivity index (χ3v) is 1.77. The van der Waals surface area contributed by atoms with E-state index in [-0.39, 0.29) is 11.6 Å². The molecule has 0 aromatic carbocycles. The van der Waals surface area contributed by atoms with Crippen LogP contribution in [0.25, 0.3) is 0 Å². The van der Waals surface area contributed by atoms with E-state index in [4.69, 9.17) is 11.6 Å². The lowest BCUT2D eigenvalue weighted by Gasteiger charge is -2.00. The summed E-state index contributed by atoms with van der Waals surface area (Å²) in [5, 5.41) is 2.58. The lowest BCUT2D eigenvalue weighted by molar-refractivity contribution is 0.0953. The van der Waals surface area contributed by atoms with Crippen molar-refractivity contribution in [1.82, 2.24) is 10.3 Å². The summed E-state index contributed by atoms with van der Waals surface area (Å²) >= 11 is 5.40. The Morgan fingerprint density at radius 3 is 2.93 bits per heavy atom. The quantitative estimate of drug-likeness (QED) is 0.630. The van der Waals surface area contributed by atoms with Gasteiger partial charge in [-0.3, -0.25) is 4.79 Å². The van der Waals surface area contributed by atoms with Crippen LogP contribution in [0.2, 0.25) is 0 Å². The van der Waals surface area contributed by atoms with E-state index in [1.165, 1.54) is 12.1 Å². The van der Waals surface area contributed by atoms with Crippen molar-refractivity contribution in [1.29, 1.82) is 0 Å². The number of nitrogens with one attached hydrogen (secondary N) is 1. The first-order chi connectivity index (χ1) is 7.24. The molecule has 0 aliphatic carbocycles. The molecule has 0 unspecified atom stereocenters. The van der Waals surface area contributed by atoms with E-state index in [1.54, 1.807) is 12.2 Å². The first kappa shape index (κ1) is 11.7. The van der Waals surface area contributed by atoms with Crippen LogP contribution in [0.15, 0.2) is 30.5 Å². The van der Waals surface area contributed by atoms with E-state index in [2.05, 4.69) is 10.3 Å². The molecule has 1 rings (SSSR count). The number of hydrogen-bond donors (Lipinski definition) is 1. The number of carbonyl (C=O) groups excluding carboxylic acids is 1. The SMILES string of the molecule is O=C(NC/C=C/CCl)c1ccc(F)cn1. The zero-order valence-corrected chi connectivity index (χ0v) is 8.67. The summed E-state index contributed by atoms with van der Waals surface area (Å²) in [5.74, 6) is -0.396. The van der Waals surface area contributed by atoms with E-state index >= 15 is 0 Å². The highest BCUT2D eigenvalue weighted by Crippen LogP contribution is 1.97. The van der Waals surface area contributed by atoms with Crippen LogP contribution in [0, 0.1) is 5.82 Å². The fourth-order valence-electron chi connectivity index (χ4n) is 0.899. The minimum absolute atomic E-state index is 0.190. The second-order valence-corrected chi connectivity index (χ2v) is 3.01. The third-order valence-electron chi connectivity index (χ3n) is 1.60. The van der Waals surface area contributed by atoms with Gasteiger partial charge in [-0.1, -0.05) is 12.2 Å². The average Bonchev–Trinajstić information content (AvgIpc) is 2.25. The predicted molar refractivity (Wildman–Crippen MR) is 56.4 cm³/mol. The van der Waals surface area contributed by atoms with Crippen LogP contribution >= 0.6 is 11.6 Å². The van der Waals surface area contributed by atoms with E-state index in [0.29, 0.717) is 12.4 Å². The van der Waals surface area contributed by atoms with Gasteiger partial charge in [0.1, 0.15) is 11.5 Å². The van der Waals surface area contributed by atoms with Crippen molar-refractivity contribution < 1.29 is 9.18 Å². The van der Waals surface area contributed by atoms with Crippen LogP contribution in [-0.4, -0.2) is 23.3 Å². The molecule has 5 heteroatoms. The number of alkyl halides is 1. The highest BCUT2D eigenvalue weighted by atomic mass is 35.5. The smallest absolute Gasteiger partial charge is 0.270 e. The molecule has 0 saturated carbocycles. The molecule has 0 aliphatic rings. The fraction of sp³-hybridized carbons (Fsp3) is 0.200. The third kappa shape index (κ3) is 4.08. The Kier molecular flexibility index (Phi) is 4.77. The molecule has 1 heterocycles. The van der Waals surface area contributed by atoms with E-state index in [9.17, 15) is 9.18 Å². The molecule has 0 saturated heterocycles. The van der Waals surface area contributed by atoms with Gasteiger partial charge in [-0.05, 0) is 12.1 Å². The van der Waals surface area contributed by atoms with Crippen LogP contribution in [0.4, 0.5) is 4.39 Å². The number of amides is 1. The normalized spacial score (nSPS) is 10.5. The molecule has 1 amide bonds. The van der Waals surface area contributed by atoms with Gasteiger partial charge < -0.3 is 5.32 Å². The van der Waals surface area contributed by atoms with Crippen molar-refractivity contribution in [2.45, 2.75) is 0 Å². The van der Waals surface area contributed by atoms with Gasteiger partial charge in [0.15, 0.2) is 0 Å². The minimum Gasteiger partial charge on any atom is -0.347 e. The minimum atomic E-state index is -0.464. The van der Waals surface area contributed by atoms with Crippen LogP contribution in [0.5, 0.6) is 0 Å². The Balaban J connectivity index is 2.47. The van der Waals surface area contributed by atoms with Gasteiger partial charge in [-0.25, -0.2) is 9.37 Å². The average molecular weight is 229 g/mol. The molecule has 1 aromatic rings. The number of aromatic nitrogens is 1. The summed E-state index contributed by atoms with van der Waals surface area (Å²) in [7, 11) is 0. The Bertz CT molecular complexity index is 351. The molecular formula is C10H10ClFN2O. The molecule has 80 valence electrons. The monoisotopic (exact) mass is 228 g/mol. The largest absolute Gasteiger partial charge is 0.347 e.